The Hall–Kier alpha value is -0.500. The summed E-state index contributed by atoms with van der Waals surface area (Å²) in [6.07, 6.45) is 13.7. The van der Waals surface area contributed by atoms with Crippen molar-refractivity contribution in [3.05, 3.63) is 12.8 Å². The Morgan fingerprint density at radius 3 is 1.85 bits per heavy atom. The van der Waals surface area contributed by atoms with Crippen LogP contribution in [0.15, 0.2) is 12.8 Å². The van der Waals surface area contributed by atoms with E-state index in [1.807, 2.05) is 6.92 Å². The summed E-state index contributed by atoms with van der Waals surface area (Å²) < 4.78 is 5.30. The Morgan fingerprint density at radius 1 is 0.900 bits per heavy atom. The van der Waals surface area contributed by atoms with E-state index < -0.39 is 0 Å². The number of aliphatic hydroxyl groups excluding tert-OH is 1. The van der Waals surface area contributed by atoms with E-state index >= 15 is 0 Å². The lowest BCUT2D eigenvalue weighted by atomic mass is 10.1. The second kappa shape index (κ2) is 18.5. The number of ether oxygens (including phenoxy) is 1. The highest BCUT2D eigenvalue weighted by Gasteiger charge is 2.03. The van der Waals surface area contributed by atoms with Gasteiger partial charge in [0.25, 0.3) is 0 Å². The molecule has 0 saturated heterocycles. The van der Waals surface area contributed by atoms with Gasteiger partial charge in [0, 0.05) is 0 Å². The number of hydrogen-bond acceptors (Lipinski definition) is 2. The lowest BCUT2D eigenvalue weighted by Crippen LogP contribution is -2.07. The summed E-state index contributed by atoms with van der Waals surface area (Å²) >= 11 is 0. The average Bonchev–Trinajstić information content (AvgIpc) is 2.47. The zero-order valence-corrected chi connectivity index (χ0v) is 14.4. The van der Waals surface area contributed by atoms with E-state index in [0.29, 0.717) is 6.10 Å². The van der Waals surface area contributed by atoms with E-state index in [2.05, 4.69) is 27.4 Å². The van der Waals surface area contributed by atoms with Crippen LogP contribution in [-0.4, -0.2) is 17.3 Å². The Labute approximate surface area is 127 Å². The molecule has 0 aromatic heterocycles. The lowest BCUT2D eigenvalue weighted by Gasteiger charge is -2.13. The van der Waals surface area contributed by atoms with Gasteiger partial charge in [-0.1, -0.05) is 66.4 Å². The second-order valence-electron chi connectivity index (χ2n) is 5.39. The predicted molar refractivity (Wildman–Crippen MR) is 89.9 cm³/mol. The molecule has 0 rings (SSSR count). The first-order valence-corrected chi connectivity index (χ1v) is 8.60. The van der Waals surface area contributed by atoms with Crippen LogP contribution in [0.4, 0.5) is 0 Å². The standard InChI is InChI=1S/C10H20O.C8H18O/c1-4-7-8-9-10(5-2)11-6-3;1-3-5-6-7-8(9)4-2/h6,10H,3-5,7-9H2,1-2H3;8-9H,3-7H2,1-2H3. The van der Waals surface area contributed by atoms with Gasteiger partial charge in [0.1, 0.15) is 0 Å². The van der Waals surface area contributed by atoms with Crippen molar-refractivity contribution in [2.45, 2.75) is 104 Å². The molecular formula is C18H38O2. The Balaban J connectivity index is 0. The summed E-state index contributed by atoms with van der Waals surface area (Å²) in [5.41, 5.74) is 0. The third-order valence-corrected chi connectivity index (χ3v) is 3.49. The van der Waals surface area contributed by atoms with Crippen LogP contribution in [0.3, 0.4) is 0 Å². The van der Waals surface area contributed by atoms with Crippen molar-refractivity contribution in [1.82, 2.24) is 0 Å². The van der Waals surface area contributed by atoms with Crippen molar-refractivity contribution >= 4 is 0 Å². The molecule has 2 unspecified atom stereocenters. The van der Waals surface area contributed by atoms with Gasteiger partial charge < -0.3 is 9.84 Å². The first-order valence-electron chi connectivity index (χ1n) is 8.60. The molecule has 122 valence electrons. The molecule has 0 heterocycles. The zero-order chi connectivity index (χ0) is 15.6. The van der Waals surface area contributed by atoms with Crippen LogP contribution in [0.5, 0.6) is 0 Å². The van der Waals surface area contributed by atoms with Crippen molar-refractivity contribution in [3.63, 3.8) is 0 Å². The van der Waals surface area contributed by atoms with E-state index in [9.17, 15) is 0 Å². The molecule has 0 bridgehead atoms. The maximum Gasteiger partial charge on any atom is 0.0975 e. The smallest absolute Gasteiger partial charge is 0.0975 e. The molecule has 0 aromatic carbocycles. The molecule has 0 aliphatic heterocycles. The normalized spacial score (nSPS) is 13.1. The minimum absolute atomic E-state index is 0.0449. The Morgan fingerprint density at radius 2 is 1.45 bits per heavy atom. The van der Waals surface area contributed by atoms with Crippen LogP contribution in [0.25, 0.3) is 0 Å². The van der Waals surface area contributed by atoms with Gasteiger partial charge >= 0.3 is 0 Å². The van der Waals surface area contributed by atoms with Crippen molar-refractivity contribution in [3.8, 4) is 0 Å². The lowest BCUT2D eigenvalue weighted by molar-refractivity contribution is 0.129. The largest absolute Gasteiger partial charge is 0.499 e. The van der Waals surface area contributed by atoms with Gasteiger partial charge in [-0.05, 0) is 32.1 Å². The minimum Gasteiger partial charge on any atom is -0.499 e. The number of unbranched alkanes of at least 4 members (excludes halogenated alkanes) is 4. The molecule has 0 aliphatic rings. The summed E-state index contributed by atoms with van der Waals surface area (Å²) in [5, 5.41) is 9.08. The monoisotopic (exact) mass is 286 g/mol. The third-order valence-electron chi connectivity index (χ3n) is 3.49. The highest BCUT2D eigenvalue weighted by molar-refractivity contribution is 4.60. The van der Waals surface area contributed by atoms with Crippen molar-refractivity contribution in [1.29, 1.82) is 0 Å². The second-order valence-corrected chi connectivity index (χ2v) is 5.39. The van der Waals surface area contributed by atoms with E-state index in [0.717, 1.165) is 19.3 Å². The predicted octanol–water partition coefficient (Wildman–Crippen LogP) is 5.84. The van der Waals surface area contributed by atoms with Gasteiger partial charge in [0.15, 0.2) is 0 Å². The fourth-order valence-electron chi connectivity index (χ4n) is 1.96. The molecule has 2 heteroatoms. The number of rotatable bonds is 12. The SMILES string of the molecule is C=COC(CC)CCCCC.CCCCCC(O)CC. The quantitative estimate of drug-likeness (QED) is 0.360. The van der Waals surface area contributed by atoms with Gasteiger partial charge in [0.05, 0.1) is 18.5 Å². The molecule has 0 fully saturated rings. The topological polar surface area (TPSA) is 29.5 Å². The van der Waals surface area contributed by atoms with Gasteiger partial charge in [-0.2, -0.15) is 0 Å². The maximum absolute atomic E-state index is 9.08. The van der Waals surface area contributed by atoms with Gasteiger partial charge in [-0.15, -0.1) is 0 Å². The number of hydrogen-bond donors (Lipinski definition) is 1. The summed E-state index contributed by atoms with van der Waals surface area (Å²) in [7, 11) is 0. The first-order chi connectivity index (χ1) is 9.65. The zero-order valence-electron chi connectivity index (χ0n) is 14.4. The summed E-state index contributed by atoms with van der Waals surface area (Å²) in [6, 6.07) is 0. The van der Waals surface area contributed by atoms with Crippen molar-refractivity contribution < 1.29 is 9.84 Å². The molecule has 2 nitrogen and oxygen atoms in total. The van der Waals surface area contributed by atoms with Crippen LogP contribution in [-0.2, 0) is 4.74 Å². The number of aliphatic hydroxyl groups is 1. The van der Waals surface area contributed by atoms with Crippen LogP contribution in [0.2, 0.25) is 0 Å². The van der Waals surface area contributed by atoms with Crippen LogP contribution in [0, 0.1) is 0 Å². The van der Waals surface area contributed by atoms with Crippen LogP contribution in [0.1, 0.15) is 91.9 Å². The maximum atomic E-state index is 9.08. The molecule has 1 N–H and O–H groups in total. The summed E-state index contributed by atoms with van der Waals surface area (Å²) in [6.45, 7) is 12.1. The fraction of sp³-hybridized carbons (Fsp3) is 0.889. The summed E-state index contributed by atoms with van der Waals surface area (Å²) in [5.74, 6) is 0. The third kappa shape index (κ3) is 17.5. The molecule has 20 heavy (non-hydrogen) atoms. The van der Waals surface area contributed by atoms with Crippen LogP contribution < -0.4 is 0 Å². The Bertz CT molecular complexity index is 180. The molecule has 2 atom stereocenters. The van der Waals surface area contributed by atoms with E-state index in [4.69, 9.17) is 9.84 Å². The molecule has 0 aliphatic carbocycles. The molecule has 0 spiro atoms. The molecular weight excluding hydrogens is 248 g/mol. The van der Waals surface area contributed by atoms with E-state index in [-0.39, 0.29) is 6.10 Å². The average molecular weight is 286 g/mol. The van der Waals surface area contributed by atoms with Gasteiger partial charge in [-0.3, -0.25) is 0 Å². The van der Waals surface area contributed by atoms with Crippen molar-refractivity contribution in [2.24, 2.45) is 0 Å². The van der Waals surface area contributed by atoms with Gasteiger partial charge in [0.2, 0.25) is 0 Å². The highest BCUT2D eigenvalue weighted by atomic mass is 16.5. The molecule has 0 saturated carbocycles. The van der Waals surface area contributed by atoms with Crippen molar-refractivity contribution in [2.75, 3.05) is 0 Å². The highest BCUT2D eigenvalue weighted by Crippen LogP contribution is 2.09. The van der Waals surface area contributed by atoms with Crippen LogP contribution >= 0.6 is 0 Å². The fourth-order valence-corrected chi connectivity index (χ4v) is 1.96. The molecule has 0 amide bonds. The van der Waals surface area contributed by atoms with Gasteiger partial charge in [-0.25, -0.2) is 0 Å². The van der Waals surface area contributed by atoms with E-state index in [1.165, 1.54) is 44.9 Å². The minimum atomic E-state index is -0.0449. The molecule has 0 radical (unpaired) electrons. The molecule has 0 aromatic rings. The Kier molecular flexibility index (Phi) is 20.2. The van der Waals surface area contributed by atoms with E-state index in [1.54, 1.807) is 6.26 Å². The summed E-state index contributed by atoms with van der Waals surface area (Å²) in [4.78, 5) is 0. The first kappa shape index (κ1) is 21.8.